The fourth-order valence-corrected chi connectivity index (χ4v) is 5.90. The van der Waals surface area contributed by atoms with E-state index < -0.39 is 0 Å². The highest BCUT2D eigenvalue weighted by Gasteiger charge is 2.17. The van der Waals surface area contributed by atoms with E-state index in [-0.39, 0.29) is 12.5 Å². The van der Waals surface area contributed by atoms with E-state index >= 15 is 0 Å². The van der Waals surface area contributed by atoms with Crippen molar-refractivity contribution in [3.05, 3.63) is 95.9 Å². The average Bonchev–Trinajstić information content (AvgIpc) is 3.24. The minimum atomic E-state index is -0.169. The number of amides is 1. The summed E-state index contributed by atoms with van der Waals surface area (Å²) in [5.74, 6) is 0.291. The summed E-state index contributed by atoms with van der Waals surface area (Å²) in [6.45, 7) is 13.8. The summed E-state index contributed by atoms with van der Waals surface area (Å²) >= 11 is 0. The van der Waals surface area contributed by atoms with Crippen molar-refractivity contribution in [1.82, 2.24) is 24.8 Å². The number of carbonyl (C=O) groups is 1. The molecule has 2 aromatic carbocycles. The van der Waals surface area contributed by atoms with Crippen molar-refractivity contribution < 1.29 is 38.3 Å². The zero-order chi connectivity index (χ0) is 39.8. The van der Waals surface area contributed by atoms with Gasteiger partial charge in [0.05, 0.1) is 91.6 Å². The Balaban J connectivity index is 0.890. The van der Waals surface area contributed by atoms with Gasteiger partial charge in [-0.15, -0.1) is 0 Å². The van der Waals surface area contributed by atoms with Gasteiger partial charge < -0.3 is 44.2 Å². The summed E-state index contributed by atoms with van der Waals surface area (Å²) in [6, 6.07) is 19.2. The van der Waals surface area contributed by atoms with Crippen LogP contribution in [0, 0.1) is 6.92 Å². The van der Waals surface area contributed by atoms with Crippen LogP contribution in [0.2, 0.25) is 0 Å². The molecule has 0 atom stereocenters. The summed E-state index contributed by atoms with van der Waals surface area (Å²) in [5, 5.41) is 15.0. The number of pyridine rings is 1. The molecule has 1 saturated heterocycles. The number of nitrogens with one attached hydrogen (secondary N) is 2. The lowest BCUT2D eigenvalue weighted by molar-refractivity contribution is -0.0192. The fraction of sp³-hybridized carbons (Fsp3) is 0.476. The predicted molar refractivity (Wildman–Crippen MR) is 218 cm³/mol. The molecule has 5 rings (SSSR count). The topological polar surface area (TPSA) is 162 Å². The molecule has 57 heavy (non-hydrogen) atoms. The number of nitrogens with zero attached hydrogens (tertiary/aromatic N) is 5. The van der Waals surface area contributed by atoms with Gasteiger partial charge in [-0.05, 0) is 60.5 Å². The summed E-state index contributed by atoms with van der Waals surface area (Å²) in [4.78, 5) is 31.2. The molecule has 3 N–H and O–H groups in total. The number of ether oxygens (including phenoxy) is 6. The van der Waals surface area contributed by atoms with E-state index in [4.69, 9.17) is 33.5 Å². The van der Waals surface area contributed by atoms with Crippen molar-refractivity contribution >= 4 is 23.2 Å². The first kappa shape index (κ1) is 43.7. The Kier molecular flexibility index (Phi) is 19.7. The molecule has 3 heterocycles. The van der Waals surface area contributed by atoms with E-state index in [1.165, 1.54) is 5.56 Å². The third-order valence-corrected chi connectivity index (χ3v) is 9.09. The van der Waals surface area contributed by atoms with Crippen LogP contribution in [0.15, 0.2) is 79.3 Å². The minimum Gasteiger partial charge on any atom is -0.394 e. The van der Waals surface area contributed by atoms with Gasteiger partial charge in [0, 0.05) is 80.4 Å². The maximum absolute atomic E-state index is 13.2. The van der Waals surface area contributed by atoms with Crippen molar-refractivity contribution in [2.75, 3.05) is 129 Å². The summed E-state index contributed by atoms with van der Waals surface area (Å²) in [6.07, 6.45) is 5.20. The summed E-state index contributed by atoms with van der Waals surface area (Å²) < 4.78 is 32.8. The van der Waals surface area contributed by atoms with Gasteiger partial charge in [-0.2, -0.15) is 0 Å². The van der Waals surface area contributed by atoms with Crippen molar-refractivity contribution in [3.63, 3.8) is 0 Å². The number of piperazine rings is 1. The van der Waals surface area contributed by atoms with Gasteiger partial charge in [0.2, 0.25) is 5.95 Å². The molecule has 1 aliphatic rings. The molecule has 0 unspecified atom stereocenters. The molecule has 4 aromatic rings. The monoisotopic (exact) mass is 787 g/mol. The molecule has 0 aliphatic carbocycles. The van der Waals surface area contributed by atoms with Gasteiger partial charge in [0.1, 0.15) is 0 Å². The Hall–Kier alpha value is -4.42. The molecule has 308 valence electrons. The Bertz CT molecular complexity index is 1710. The van der Waals surface area contributed by atoms with Gasteiger partial charge in [-0.25, -0.2) is 9.97 Å². The minimum absolute atomic E-state index is 0.0232. The molecule has 0 radical (unpaired) electrons. The highest BCUT2D eigenvalue weighted by atomic mass is 16.6. The van der Waals surface area contributed by atoms with Crippen LogP contribution in [0.25, 0.3) is 11.3 Å². The lowest BCUT2D eigenvalue weighted by Gasteiger charge is -2.34. The highest BCUT2D eigenvalue weighted by Crippen LogP contribution is 2.25. The average molecular weight is 788 g/mol. The first-order valence-corrected chi connectivity index (χ1v) is 19.6. The number of rotatable bonds is 27. The van der Waals surface area contributed by atoms with E-state index in [1.54, 1.807) is 18.6 Å². The van der Waals surface area contributed by atoms with E-state index in [0.717, 1.165) is 61.8 Å². The highest BCUT2D eigenvalue weighted by molar-refractivity contribution is 6.04. The van der Waals surface area contributed by atoms with Crippen LogP contribution in [0.3, 0.4) is 0 Å². The van der Waals surface area contributed by atoms with Crippen LogP contribution >= 0.6 is 0 Å². The number of aryl methyl sites for hydroxylation is 1. The number of hydrogen-bond donors (Lipinski definition) is 3. The molecule has 0 saturated carbocycles. The molecular weight excluding hydrogens is 731 g/mol. The number of hydrogen-bond acceptors (Lipinski definition) is 14. The summed E-state index contributed by atoms with van der Waals surface area (Å²) in [5.41, 5.74) is 5.93. The van der Waals surface area contributed by atoms with Gasteiger partial charge in [-0.1, -0.05) is 18.2 Å². The molecule has 15 heteroatoms. The molecule has 1 amide bonds. The fourth-order valence-electron chi connectivity index (χ4n) is 5.90. The number of benzene rings is 2. The van der Waals surface area contributed by atoms with E-state index in [1.807, 2.05) is 67.6 Å². The normalized spacial score (nSPS) is 13.5. The number of aliphatic hydroxyl groups is 1. The maximum Gasteiger partial charge on any atom is 0.255 e. The Morgan fingerprint density at radius 1 is 0.719 bits per heavy atom. The van der Waals surface area contributed by atoms with Gasteiger partial charge in [0.15, 0.2) is 0 Å². The van der Waals surface area contributed by atoms with Crippen molar-refractivity contribution in [2.24, 2.45) is 0 Å². The SMILES string of the molecule is Cc1ccc(NC(=O)c2ccc(CN3CCN(CCOCCOCCOCCOCCOCCOCCO)CC3)cc2)cc1Nc1nccc(-c2cccnc2)n1. The molecule has 15 nitrogen and oxygen atoms in total. The Labute approximate surface area is 335 Å². The number of aliphatic hydroxyl groups excluding tert-OH is 1. The van der Waals surface area contributed by atoms with Gasteiger partial charge >= 0.3 is 0 Å². The quantitative estimate of drug-likeness (QED) is 0.0743. The third-order valence-electron chi connectivity index (χ3n) is 9.09. The molecule has 1 fully saturated rings. The van der Waals surface area contributed by atoms with Crippen molar-refractivity contribution in [2.45, 2.75) is 13.5 Å². The smallest absolute Gasteiger partial charge is 0.255 e. The molecule has 0 bridgehead atoms. The predicted octanol–water partition coefficient (Wildman–Crippen LogP) is 4.05. The Morgan fingerprint density at radius 3 is 1.95 bits per heavy atom. The van der Waals surface area contributed by atoms with Crippen LogP contribution in [0.4, 0.5) is 17.3 Å². The number of anilines is 3. The largest absolute Gasteiger partial charge is 0.394 e. The second kappa shape index (κ2) is 25.8. The second-order valence-corrected chi connectivity index (χ2v) is 13.3. The van der Waals surface area contributed by atoms with Crippen LogP contribution in [0.5, 0.6) is 0 Å². The maximum atomic E-state index is 13.2. The molecular formula is C42H57N7O8. The summed E-state index contributed by atoms with van der Waals surface area (Å²) in [7, 11) is 0. The second-order valence-electron chi connectivity index (χ2n) is 13.3. The van der Waals surface area contributed by atoms with Gasteiger partial charge in [0.25, 0.3) is 5.91 Å². The van der Waals surface area contributed by atoms with Crippen LogP contribution in [-0.4, -0.2) is 154 Å². The van der Waals surface area contributed by atoms with E-state index in [9.17, 15) is 4.79 Å². The first-order chi connectivity index (χ1) is 28.1. The zero-order valence-electron chi connectivity index (χ0n) is 33.0. The van der Waals surface area contributed by atoms with Crippen LogP contribution in [0.1, 0.15) is 21.5 Å². The Morgan fingerprint density at radius 2 is 1.33 bits per heavy atom. The molecule has 0 spiro atoms. The first-order valence-electron chi connectivity index (χ1n) is 19.6. The number of carbonyl (C=O) groups excluding carboxylic acids is 1. The standard InChI is InChI=1S/C42H57N7O8/c1-34-4-9-38(31-40(34)47-42-44-12-10-39(46-42)37-3-2-11-43-32-37)45-41(51)36-7-5-35(6-8-36)33-49-15-13-48(14-16-49)17-19-52-21-23-54-25-27-56-29-30-57-28-26-55-24-22-53-20-18-50/h2-12,31-32,50H,13-30,33H2,1H3,(H,45,51)(H,44,46,47). The molecule has 2 aromatic heterocycles. The van der Waals surface area contributed by atoms with E-state index in [2.05, 4.69) is 35.4 Å². The van der Waals surface area contributed by atoms with Crippen molar-refractivity contribution in [3.8, 4) is 11.3 Å². The zero-order valence-corrected chi connectivity index (χ0v) is 33.0. The third kappa shape index (κ3) is 16.5. The lowest BCUT2D eigenvalue weighted by atomic mass is 10.1. The van der Waals surface area contributed by atoms with Gasteiger partial charge in [-0.3, -0.25) is 19.6 Å². The molecule has 1 aliphatic heterocycles. The number of aromatic nitrogens is 3. The lowest BCUT2D eigenvalue weighted by Crippen LogP contribution is -2.46. The van der Waals surface area contributed by atoms with Crippen molar-refractivity contribution in [1.29, 1.82) is 0 Å². The van der Waals surface area contributed by atoms with Crippen LogP contribution < -0.4 is 10.6 Å². The van der Waals surface area contributed by atoms with Crippen LogP contribution in [-0.2, 0) is 35.0 Å². The van der Waals surface area contributed by atoms with E-state index in [0.29, 0.717) is 96.5 Å².